The summed E-state index contributed by atoms with van der Waals surface area (Å²) < 4.78 is 7.28. The van der Waals surface area contributed by atoms with E-state index >= 15 is 0 Å². The van der Waals surface area contributed by atoms with Crippen LogP contribution in [0.4, 0.5) is 0 Å². The van der Waals surface area contributed by atoms with Crippen molar-refractivity contribution >= 4 is 16.9 Å². The van der Waals surface area contributed by atoms with Crippen LogP contribution in [-0.4, -0.2) is 40.8 Å². The first-order valence-corrected chi connectivity index (χ1v) is 8.03. The minimum Gasteiger partial charge on any atom is -0.481 e. The van der Waals surface area contributed by atoms with E-state index in [1.807, 2.05) is 7.05 Å². The van der Waals surface area contributed by atoms with Crippen LogP contribution in [-0.2, 0) is 36.1 Å². The summed E-state index contributed by atoms with van der Waals surface area (Å²) in [7, 11) is 3.76. The number of methoxy groups -OCH3 is 1. The summed E-state index contributed by atoms with van der Waals surface area (Å²) in [6.07, 6.45) is 2.64. The van der Waals surface area contributed by atoms with Gasteiger partial charge >= 0.3 is 5.97 Å². The molecule has 124 valence electrons. The molecule has 1 aromatic heterocycles. The Morgan fingerprint density at radius 2 is 2.04 bits per heavy atom. The van der Waals surface area contributed by atoms with Crippen LogP contribution in [0, 0.1) is 5.92 Å². The minimum absolute atomic E-state index is 0.368. The number of carboxylic acids is 1. The van der Waals surface area contributed by atoms with E-state index < -0.39 is 5.97 Å². The second-order valence-corrected chi connectivity index (χ2v) is 6.55. The zero-order chi connectivity index (χ0) is 16.6. The van der Waals surface area contributed by atoms with E-state index in [-0.39, 0.29) is 5.92 Å². The Hall–Kier alpha value is -1.85. The lowest BCUT2D eigenvalue weighted by Crippen LogP contribution is -2.21. The first kappa shape index (κ1) is 16.0. The van der Waals surface area contributed by atoms with Crippen molar-refractivity contribution in [1.82, 2.24) is 9.47 Å². The topological polar surface area (TPSA) is 54.7 Å². The number of aliphatic carboxylic acids is 1. The Balaban J connectivity index is 1.91. The highest BCUT2D eigenvalue weighted by Crippen LogP contribution is 2.31. The number of fused-ring (bicyclic) bond motifs is 2. The molecule has 5 nitrogen and oxygen atoms in total. The fourth-order valence-corrected chi connectivity index (χ4v) is 3.39. The molecule has 1 N–H and O–H groups in total. The molecule has 0 spiro atoms. The smallest absolute Gasteiger partial charge is 0.306 e. The molecule has 0 saturated carbocycles. The summed E-state index contributed by atoms with van der Waals surface area (Å²) in [6, 6.07) is 4.51. The van der Waals surface area contributed by atoms with Gasteiger partial charge in [-0.3, -0.25) is 9.69 Å². The number of nitrogens with zero attached hydrogens (tertiary/aromatic N) is 2. The van der Waals surface area contributed by atoms with E-state index in [0.717, 1.165) is 31.8 Å². The number of aryl methyl sites for hydroxylation is 1. The van der Waals surface area contributed by atoms with Gasteiger partial charge in [0.25, 0.3) is 0 Å². The highest BCUT2D eigenvalue weighted by molar-refractivity contribution is 5.86. The Labute approximate surface area is 136 Å². The van der Waals surface area contributed by atoms with Crippen molar-refractivity contribution < 1.29 is 14.6 Å². The molecule has 1 aliphatic rings. The van der Waals surface area contributed by atoms with Gasteiger partial charge in [-0.2, -0.15) is 0 Å². The quantitative estimate of drug-likeness (QED) is 0.889. The van der Waals surface area contributed by atoms with Gasteiger partial charge in [-0.25, -0.2) is 0 Å². The minimum atomic E-state index is -0.742. The summed E-state index contributed by atoms with van der Waals surface area (Å²) in [5.41, 5.74) is 5.03. The average molecular weight is 316 g/mol. The highest BCUT2D eigenvalue weighted by atomic mass is 16.5. The zero-order valence-corrected chi connectivity index (χ0v) is 14.0. The van der Waals surface area contributed by atoms with Crippen molar-refractivity contribution in [3.05, 3.63) is 35.0 Å². The van der Waals surface area contributed by atoms with Crippen LogP contribution in [0.5, 0.6) is 0 Å². The molecule has 5 heteroatoms. The van der Waals surface area contributed by atoms with Gasteiger partial charge in [-0.15, -0.1) is 0 Å². The third kappa shape index (κ3) is 3.12. The van der Waals surface area contributed by atoms with E-state index in [1.165, 1.54) is 22.0 Å². The number of carboxylic acid groups (broad SMARTS) is 1. The molecule has 1 unspecified atom stereocenters. The van der Waals surface area contributed by atoms with Crippen molar-refractivity contribution in [2.75, 3.05) is 20.3 Å². The molecule has 1 aromatic carbocycles. The van der Waals surface area contributed by atoms with Crippen molar-refractivity contribution in [3.63, 3.8) is 0 Å². The van der Waals surface area contributed by atoms with Crippen molar-refractivity contribution in [3.8, 4) is 0 Å². The second-order valence-electron chi connectivity index (χ2n) is 6.55. The number of hydrogen-bond acceptors (Lipinski definition) is 3. The van der Waals surface area contributed by atoms with Gasteiger partial charge in [-0.05, 0) is 35.2 Å². The Morgan fingerprint density at radius 1 is 1.35 bits per heavy atom. The normalized spacial score (nSPS) is 16.0. The van der Waals surface area contributed by atoms with Gasteiger partial charge in [0.15, 0.2) is 0 Å². The lowest BCUT2D eigenvalue weighted by atomic mass is 9.99. The second kappa shape index (κ2) is 6.34. The SMILES string of the molecule is COCCN1Cc2cc3c(CC(C)C(=O)O)cn(C)c3cc2C1. The summed E-state index contributed by atoms with van der Waals surface area (Å²) in [5.74, 6) is -1.11. The highest BCUT2D eigenvalue weighted by Gasteiger charge is 2.22. The number of hydrogen-bond donors (Lipinski definition) is 1. The fourth-order valence-electron chi connectivity index (χ4n) is 3.39. The lowest BCUT2D eigenvalue weighted by Gasteiger charge is -2.13. The van der Waals surface area contributed by atoms with Gasteiger partial charge < -0.3 is 14.4 Å². The molecule has 0 aliphatic carbocycles. The summed E-state index contributed by atoms with van der Waals surface area (Å²) in [5, 5.41) is 10.4. The average Bonchev–Trinajstić information content (AvgIpc) is 3.04. The van der Waals surface area contributed by atoms with Crippen LogP contribution in [0.1, 0.15) is 23.6 Å². The summed E-state index contributed by atoms with van der Waals surface area (Å²) in [6.45, 7) is 5.35. The molecule has 2 heterocycles. The number of carbonyl (C=O) groups is 1. The van der Waals surface area contributed by atoms with E-state index in [1.54, 1.807) is 14.0 Å². The van der Waals surface area contributed by atoms with Crippen LogP contribution in [0.2, 0.25) is 0 Å². The van der Waals surface area contributed by atoms with E-state index in [4.69, 9.17) is 9.84 Å². The van der Waals surface area contributed by atoms with Gasteiger partial charge in [0.2, 0.25) is 0 Å². The Morgan fingerprint density at radius 3 is 2.70 bits per heavy atom. The molecule has 0 radical (unpaired) electrons. The van der Waals surface area contributed by atoms with Crippen molar-refractivity contribution in [2.24, 2.45) is 13.0 Å². The van der Waals surface area contributed by atoms with Crippen molar-refractivity contribution in [1.29, 1.82) is 0 Å². The molecule has 0 amide bonds. The number of benzene rings is 1. The Kier molecular flexibility index (Phi) is 4.41. The molecule has 0 fully saturated rings. The first-order valence-electron chi connectivity index (χ1n) is 8.03. The number of rotatable bonds is 6. The largest absolute Gasteiger partial charge is 0.481 e. The van der Waals surface area contributed by atoms with Crippen LogP contribution in [0.25, 0.3) is 10.9 Å². The van der Waals surface area contributed by atoms with Crippen LogP contribution in [0.15, 0.2) is 18.3 Å². The third-order valence-corrected chi connectivity index (χ3v) is 4.74. The predicted octanol–water partition coefficient (Wildman–Crippen LogP) is 2.40. The first-order chi connectivity index (χ1) is 11.0. The monoisotopic (exact) mass is 316 g/mol. The Bertz CT molecular complexity index is 735. The van der Waals surface area contributed by atoms with Gasteiger partial charge in [-0.1, -0.05) is 6.92 Å². The predicted molar refractivity (Wildman–Crippen MR) is 89.4 cm³/mol. The van der Waals surface area contributed by atoms with Gasteiger partial charge in [0.05, 0.1) is 12.5 Å². The van der Waals surface area contributed by atoms with E-state index in [2.05, 4.69) is 27.8 Å². The van der Waals surface area contributed by atoms with Crippen molar-refractivity contribution in [2.45, 2.75) is 26.4 Å². The molecule has 2 aromatic rings. The zero-order valence-electron chi connectivity index (χ0n) is 14.0. The fraction of sp³-hybridized carbons (Fsp3) is 0.500. The van der Waals surface area contributed by atoms with E-state index in [0.29, 0.717) is 6.42 Å². The standard InChI is InChI=1S/C18H24N2O3/c1-12(18(21)22)6-15-9-19(2)17-8-14-11-20(4-5-23-3)10-13(14)7-16(15)17/h7-9,12H,4-6,10-11H2,1-3H3,(H,21,22). The summed E-state index contributed by atoms with van der Waals surface area (Å²) in [4.78, 5) is 13.5. The maximum Gasteiger partial charge on any atom is 0.306 e. The molecule has 0 bridgehead atoms. The number of ether oxygens (including phenoxy) is 1. The van der Waals surface area contributed by atoms with Crippen LogP contribution < -0.4 is 0 Å². The van der Waals surface area contributed by atoms with Gasteiger partial charge in [0, 0.05) is 50.9 Å². The molecule has 1 aliphatic heterocycles. The maximum absolute atomic E-state index is 11.2. The third-order valence-electron chi connectivity index (χ3n) is 4.74. The molecule has 1 atom stereocenters. The summed E-state index contributed by atoms with van der Waals surface area (Å²) >= 11 is 0. The van der Waals surface area contributed by atoms with Crippen LogP contribution >= 0.6 is 0 Å². The molecule has 23 heavy (non-hydrogen) atoms. The molecule has 0 saturated heterocycles. The van der Waals surface area contributed by atoms with E-state index in [9.17, 15) is 4.79 Å². The molecular formula is C18H24N2O3. The lowest BCUT2D eigenvalue weighted by molar-refractivity contribution is -0.141. The van der Waals surface area contributed by atoms with Gasteiger partial charge in [0.1, 0.15) is 0 Å². The maximum atomic E-state index is 11.2. The molecule has 3 rings (SSSR count). The molecular weight excluding hydrogens is 292 g/mol. The number of aromatic nitrogens is 1. The van der Waals surface area contributed by atoms with Crippen LogP contribution in [0.3, 0.4) is 0 Å².